The standard InChI is InChI=1S/C27H32ClNO4.C26H28ClNO5.C26H30ClNO4.C21H22ClNO2.C6H10O3.C2H6O.ClH.K.H2O/c1-27(2,26(31)32-3)17-29-11-8-19(9-12-29)25-22-6-5-21(28)15-20(22)16-33-24-7-4-18(10-13-30)14-23(24)25;1-3-25(30)33-28-11-8-19(9-12-28)26-22-6-5-21(27)15-20(22)16-32-24-7-4-18(14-23(24)26)10-13-31-17(2)29;1-26(2,25(30)31)16-28-10-7-18(8-11-28)24-21-5-4-20(27)14-19(21)15-32-23-6-3-17(9-12-29)13-22(23)24;22-17-2-3-18-16(12-17)13-25-20-4-1-14(7-10-24)11-19(20)21(18)15-5-8-23-9-6-15;1-6(2,4-7)5(8)9-3;1-2-3;;;/h4-7,14-15,30H,8-13,16-17H2,1-3H3;4-7,14-15H,3,8-13,16H2,1-2H3;3-6,13-14,29H,7-12,15-16H2,1-2H3,(H,30,31);1-4,11-12,23-24H,5-10,13H2;4H,1-3H3;3H,2H2,1H3;1H;;1H2/q;;;;;;;+1;/p-1. The molecular formula is C108H130Cl5KN4O20. The summed E-state index contributed by atoms with van der Waals surface area (Å²) in [6, 6.07) is 48.8. The van der Waals surface area contributed by atoms with Crippen LogP contribution in [0.15, 0.2) is 168 Å². The van der Waals surface area contributed by atoms with Crippen molar-refractivity contribution in [1.82, 2.24) is 20.2 Å². The summed E-state index contributed by atoms with van der Waals surface area (Å²) < 4.78 is 39.1. The molecule has 4 fully saturated rings. The molecule has 0 atom stereocenters. The summed E-state index contributed by atoms with van der Waals surface area (Å²) in [6.07, 6.45) is 10.7. The quantitative estimate of drug-likeness (QED) is 0.0144. The molecule has 0 aliphatic carbocycles. The maximum absolute atomic E-state index is 12.1. The number of methoxy groups -OCH3 is 2. The number of hydroxylamine groups is 2. The third-order valence-corrected chi connectivity index (χ3v) is 25.9. The second-order valence-corrected chi connectivity index (χ2v) is 38.1. The number of benzene rings is 8. The number of carbonyl (C=O) groups is 6. The Bertz CT molecular complexity index is 5680. The number of piperidine rings is 4. The van der Waals surface area contributed by atoms with Crippen molar-refractivity contribution in [3.8, 4) is 23.0 Å². The van der Waals surface area contributed by atoms with Gasteiger partial charge in [0, 0.05) is 141 Å². The number of ether oxygens (including phenoxy) is 7. The number of hydrogen-bond donors (Lipinski definition) is 6. The van der Waals surface area contributed by atoms with E-state index in [4.69, 9.17) is 84.8 Å². The molecule has 0 saturated carbocycles. The van der Waals surface area contributed by atoms with Gasteiger partial charge in [0.15, 0.2) is 0 Å². The Balaban J connectivity index is 0.000000216. The van der Waals surface area contributed by atoms with Crippen LogP contribution in [0.1, 0.15) is 209 Å². The Kier molecular flexibility index (Phi) is 45.6. The summed E-state index contributed by atoms with van der Waals surface area (Å²) in [5, 5.41) is 53.3. The van der Waals surface area contributed by atoms with Gasteiger partial charge in [0.25, 0.3) is 0 Å². The van der Waals surface area contributed by atoms with Crippen molar-refractivity contribution >= 4 is 117 Å². The molecule has 16 rings (SSSR count). The van der Waals surface area contributed by atoms with E-state index in [0.29, 0.717) is 113 Å². The van der Waals surface area contributed by atoms with Crippen LogP contribution < -0.4 is 75.6 Å². The molecule has 138 heavy (non-hydrogen) atoms. The van der Waals surface area contributed by atoms with Crippen LogP contribution in [0.4, 0.5) is 0 Å². The number of nitrogens with zero attached hydrogens (tertiary/aromatic N) is 3. The minimum atomic E-state index is -0.991. The van der Waals surface area contributed by atoms with E-state index in [9.17, 15) is 49.2 Å². The SMILES string of the molecule is CC(C)(CN1CCC(=C2c3ccc(Cl)cc3COc3ccc(CCO)cc32)CC1)C(=O)O.CCC(=O)ON1CCC(=C2c3ccc(Cl)cc3COc3ccc(CCOC(C)=O)cc32)CC1.CCO.COC(=O)C(C)(C)C=O.COC(=O)C(C)(C)CN1CCC(=C2c3ccc(Cl)cc3COc3ccc(CCO)cc32)CC1.Cl.OCCc1ccc2c(c1)C(=C1CCNCC1)c1ccc(Cl)cc1CO2.[K+].[OH-]. The zero-order valence-electron chi connectivity index (χ0n) is 81.2. The zero-order valence-corrected chi connectivity index (χ0v) is 88.2. The van der Waals surface area contributed by atoms with Crippen LogP contribution >= 0.6 is 58.8 Å². The summed E-state index contributed by atoms with van der Waals surface area (Å²) in [4.78, 5) is 77.3. The molecule has 0 amide bonds. The summed E-state index contributed by atoms with van der Waals surface area (Å²) in [7, 11) is 2.71. The third-order valence-electron chi connectivity index (χ3n) is 25.0. The average Bonchev–Trinajstić information content (AvgIpc) is 1.59. The topological polar surface area (TPSA) is 329 Å². The predicted octanol–water partition coefficient (Wildman–Crippen LogP) is 16.3. The van der Waals surface area contributed by atoms with E-state index in [-0.39, 0.29) is 114 Å². The Morgan fingerprint density at radius 1 is 0.435 bits per heavy atom. The number of esters is 3. The molecule has 30 heteroatoms. The summed E-state index contributed by atoms with van der Waals surface area (Å²) in [6.45, 7) is 26.1. The molecule has 0 spiro atoms. The smallest absolute Gasteiger partial charge is 0.870 e. The molecule has 8 aliphatic rings. The number of likely N-dealkylation sites (tertiary alicyclic amines) is 2. The Morgan fingerprint density at radius 2 is 0.739 bits per heavy atom. The molecule has 8 aliphatic heterocycles. The fourth-order valence-electron chi connectivity index (χ4n) is 17.9. The van der Waals surface area contributed by atoms with Gasteiger partial charge in [-0.15, -0.1) is 17.5 Å². The molecule has 8 aromatic carbocycles. The average molecular weight is 2020 g/mol. The van der Waals surface area contributed by atoms with E-state index in [0.717, 1.165) is 208 Å². The molecule has 8 heterocycles. The molecule has 0 radical (unpaired) electrons. The largest absolute Gasteiger partial charge is 1.00 e. The molecule has 0 unspecified atom stereocenters. The van der Waals surface area contributed by atoms with Gasteiger partial charge in [0.1, 0.15) is 61.1 Å². The van der Waals surface area contributed by atoms with Crippen molar-refractivity contribution < 1.29 is 149 Å². The zero-order chi connectivity index (χ0) is 97.3. The van der Waals surface area contributed by atoms with Crippen molar-refractivity contribution in [2.75, 3.05) is 113 Å². The number of hydrogen-bond acceptors (Lipinski definition) is 23. The van der Waals surface area contributed by atoms with Crippen LogP contribution in [-0.4, -0.2) is 195 Å². The number of nitrogens with one attached hydrogen (secondary N) is 1. The first-order valence-corrected chi connectivity index (χ1v) is 47.9. The monoisotopic (exact) mass is 2020 g/mol. The van der Waals surface area contributed by atoms with E-state index in [1.807, 2.05) is 111 Å². The van der Waals surface area contributed by atoms with Crippen molar-refractivity contribution in [2.24, 2.45) is 16.2 Å². The number of carboxylic acids is 1. The maximum atomic E-state index is 12.1. The van der Waals surface area contributed by atoms with Crippen LogP contribution in [0.3, 0.4) is 0 Å². The van der Waals surface area contributed by atoms with Crippen LogP contribution in [0.2, 0.25) is 20.1 Å². The second kappa shape index (κ2) is 54.8. The summed E-state index contributed by atoms with van der Waals surface area (Å²) >= 11 is 25.1. The van der Waals surface area contributed by atoms with Gasteiger partial charge in [-0.3, -0.25) is 24.0 Å². The first-order valence-electron chi connectivity index (χ1n) is 46.4. The third kappa shape index (κ3) is 30.9. The first kappa shape index (κ1) is 115. The van der Waals surface area contributed by atoms with Crippen molar-refractivity contribution in [1.29, 1.82) is 0 Å². The van der Waals surface area contributed by atoms with E-state index < -0.39 is 28.2 Å². The number of aliphatic carboxylic acids is 1. The number of carboxylic acid groups (broad SMARTS) is 1. The Hall–Kier alpha value is -8.33. The molecule has 738 valence electrons. The first-order chi connectivity index (χ1) is 64.8. The number of aldehydes is 1. The fourth-order valence-corrected chi connectivity index (χ4v) is 18.7. The minimum Gasteiger partial charge on any atom is -0.870 e. The maximum Gasteiger partial charge on any atom is 1.00 e. The van der Waals surface area contributed by atoms with Gasteiger partial charge in [-0.05, 0) is 318 Å². The fraction of sp³-hybridized carbons (Fsp3) is 0.426. The van der Waals surface area contributed by atoms with Crippen LogP contribution in [0.25, 0.3) is 22.3 Å². The molecule has 24 nitrogen and oxygen atoms in total. The number of aliphatic hydroxyl groups excluding tert-OH is 4. The summed E-state index contributed by atoms with van der Waals surface area (Å²) in [5.41, 5.74) is 25.7. The molecule has 0 aromatic heterocycles. The number of carbonyl (C=O) groups excluding carboxylic acids is 5. The van der Waals surface area contributed by atoms with Gasteiger partial charge in [-0.1, -0.05) is 124 Å². The van der Waals surface area contributed by atoms with Gasteiger partial charge >= 0.3 is 81.2 Å². The second-order valence-electron chi connectivity index (χ2n) is 36.4. The van der Waals surface area contributed by atoms with Crippen molar-refractivity contribution in [3.63, 3.8) is 0 Å². The van der Waals surface area contributed by atoms with Crippen LogP contribution in [-0.2, 0) is 99.9 Å². The van der Waals surface area contributed by atoms with Crippen LogP contribution in [0, 0.1) is 16.2 Å². The molecular weight excluding hydrogens is 1890 g/mol. The Morgan fingerprint density at radius 3 is 1.02 bits per heavy atom. The van der Waals surface area contributed by atoms with E-state index >= 15 is 0 Å². The minimum absolute atomic E-state index is 0. The normalized spacial score (nSPS) is 15.4. The summed E-state index contributed by atoms with van der Waals surface area (Å²) in [5.74, 6) is 1.50. The van der Waals surface area contributed by atoms with Gasteiger partial charge < -0.3 is 88.9 Å². The van der Waals surface area contributed by atoms with Crippen LogP contribution in [0.5, 0.6) is 23.0 Å². The van der Waals surface area contributed by atoms with E-state index in [2.05, 4.69) is 68.4 Å². The molecule has 4 saturated heterocycles. The Labute approximate surface area is 879 Å². The predicted molar refractivity (Wildman–Crippen MR) is 537 cm³/mol. The van der Waals surface area contributed by atoms with Crippen molar-refractivity contribution in [2.45, 2.75) is 172 Å². The molecule has 0 bridgehead atoms. The van der Waals surface area contributed by atoms with Gasteiger partial charge in [-0.25, -0.2) is 0 Å². The van der Waals surface area contributed by atoms with Gasteiger partial charge in [-0.2, -0.15) is 0 Å². The number of aliphatic hydroxyl groups is 4. The van der Waals surface area contributed by atoms with Crippen molar-refractivity contribution in [3.05, 3.63) is 277 Å². The molecule has 7 N–H and O–H groups in total. The number of rotatable bonds is 19. The molecule has 8 aromatic rings. The number of halogens is 5. The number of fused-ring (bicyclic) bond motifs is 8. The van der Waals surface area contributed by atoms with E-state index in [1.54, 1.807) is 32.8 Å². The van der Waals surface area contributed by atoms with E-state index in [1.165, 1.54) is 79.6 Å². The van der Waals surface area contributed by atoms with Gasteiger partial charge in [0.05, 0.1) is 31.7 Å². The van der Waals surface area contributed by atoms with Gasteiger partial charge in [0.2, 0.25) is 0 Å².